The molecule has 3 rings (SSSR count). The van der Waals surface area contributed by atoms with Gasteiger partial charge in [-0.1, -0.05) is 26.8 Å². The Kier molecular flexibility index (Phi) is 3.05. The number of Topliss-reactive ketones (excluding diaryl/α,β-unsaturated/α-hetero) is 1. The largest absolute Gasteiger partial charge is 0.361 e. The molecule has 1 aromatic rings. The van der Waals surface area contributed by atoms with E-state index in [1.807, 2.05) is 6.20 Å². The van der Waals surface area contributed by atoms with Crippen LogP contribution in [0, 0.1) is 30.6 Å². The van der Waals surface area contributed by atoms with E-state index >= 15 is 0 Å². The highest BCUT2D eigenvalue weighted by molar-refractivity contribution is 6.04. The lowest BCUT2D eigenvalue weighted by Crippen LogP contribution is -2.32. The molecule has 21 heavy (non-hydrogen) atoms. The van der Waals surface area contributed by atoms with Crippen LogP contribution in [-0.4, -0.2) is 5.78 Å². The molecule has 2 saturated carbocycles. The van der Waals surface area contributed by atoms with Gasteiger partial charge in [0.05, 0.1) is 0 Å². The van der Waals surface area contributed by atoms with Crippen molar-refractivity contribution in [3.05, 3.63) is 41.1 Å². The number of fused-ring (bicyclic) bond motifs is 2. The molecule has 1 aromatic carbocycles. The Bertz CT molecular complexity index is 641. The van der Waals surface area contributed by atoms with Crippen molar-refractivity contribution in [2.24, 2.45) is 16.7 Å². The molecule has 0 aliphatic heterocycles. The fourth-order valence-corrected chi connectivity index (χ4v) is 4.09. The van der Waals surface area contributed by atoms with Crippen molar-refractivity contribution in [2.45, 2.75) is 47.5 Å². The van der Waals surface area contributed by atoms with Crippen molar-refractivity contribution < 1.29 is 4.79 Å². The zero-order valence-electron chi connectivity index (χ0n) is 13.7. The second-order valence-electron chi connectivity index (χ2n) is 7.52. The first-order chi connectivity index (χ1) is 9.77. The SMILES string of the molecule is Cc1ccc(N/C=C2/C(=O)[C@@]3(C)CC[C@H]2C3(C)C)cc1C. The van der Waals surface area contributed by atoms with E-state index in [0.717, 1.165) is 24.1 Å². The standard InChI is InChI=1S/C19H25NO/c1-12-6-7-14(10-13(12)2)20-11-15-16-8-9-19(5,17(15)21)18(16,3)4/h6-7,10-11,16,20H,8-9H2,1-5H3/b15-11+/t16-,19-/m1/s1. The summed E-state index contributed by atoms with van der Waals surface area (Å²) in [6.45, 7) is 10.9. The van der Waals surface area contributed by atoms with E-state index < -0.39 is 0 Å². The van der Waals surface area contributed by atoms with Crippen molar-refractivity contribution in [3.8, 4) is 0 Å². The number of hydrogen-bond donors (Lipinski definition) is 1. The summed E-state index contributed by atoms with van der Waals surface area (Å²) in [7, 11) is 0. The summed E-state index contributed by atoms with van der Waals surface area (Å²) < 4.78 is 0. The normalized spacial score (nSPS) is 32.0. The Morgan fingerprint density at radius 1 is 1.19 bits per heavy atom. The Morgan fingerprint density at radius 3 is 2.48 bits per heavy atom. The van der Waals surface area contributed by atoms with E-state index in [1.165, 1.54) is 11.1 Å². The topological polar surface area (TPSA) is 29.1 Å². The van der Waals surface area contributed by atoms with Crippen LogP contribution in [0.4, 0.5) is 5.69 Å². The maximum atomic E-state index is 12.7. The second kappa shape index (κ2) is 4.46. The summed E-state index contributed by atoms with van der Waals surface area (Å²) in [5.41, 5.74) is 4.52. The molecule has 0 heterocycles. The monoisotopic (exact) mass is 283 g/mol. The number of rotatable bonds is 2. The zero-order chi connectivity index (χ0) is 15.4. The molecule has 2 fully saturated rings. The van der Waals surface area contributed by atoms with Gasteiger partial charge < -0.3 is 5.32 Å². The Labute approximate surface area is 127 Å². The molecule has 0 amide bonds. The molecule has 0 spiro atoms. The second-order valence-corrected chi connectivity index (χ2v) is 7.52. The molecule has 0 aromatic heterocycles. The maximum Gasteiger partial charge on any atom is 0.167 e. The van der Waals surface area contributed by atoms with E-state index in [4.69, 9.17) is 0 Å². The number of anilines is 1. The van der Waals surface area contributed by atoms with Gasteiger partial charge in [0.1, 0.15) is 0 Å². The minimum atomic E-state index is -0.172. The number of carbonyl (C=O) groups excluding carboxylic acids is 1. The molecule has 2 nitrogen and oxygen atoms in total. The van der Waals surface area contributed by atoms with E-state index in [-0.39, 0.29) is 10.8 Å². The van der Waals surface area contributed by atoms with Gasteiger partial charge in [-0.25, -0.2) is 0 Å². The number of ketones is 1. The van der Waals surface area contributed by atoms with Gasteiger partial charge in [0, 0.05) is 22.9 Å². The Balaban J connectivity index is 1.88. The summed E-state index contributed by atoms with van der Waals surface area (Å²) in [6, 6.07) is 6.32. The van der Waals surface area contributed by atoms with Gasteiger partial charge in [-0.3, -0.25) is 4.79 Å². The molecule has 112 valence electrons. The molecule has 1 N–H and O–H groups in total. The lowest BCUT2D eigenvalue weighted by Gasteiger charge is -2.31. The van der Waals surface area contributed by atoms with Gasteiger partial charge in [-0.15, -0.1) is 0 Å². The van der Waals surface area contributed by atoms with Crippen molar-refractivity contribution in [3.63, 3.8) is 0 Å². The van der Waals surface area contributed by atoms with Crippen LogP contribution in [-0.2, 0) is 4.79 Å². The van der Waals surface area contributed by atoms with Crippen molar-refractivity contribution >= 4 is 11.5 Å². The maximum absolute atomic E-state index is 12.7. The third-order valence-corrected chi connectivity index (χ3v) is 6.27. The average molecular weight is 283 g/mol. The summed E-state index contributed by atoms with van der Waals surface area (Å²) in [6.07, 6.45) is 4.13. The average Bonchev–Trinajstić information content (AvgIpc) is 2.73. The van der Waals surface area contributed by atoms with Crippen molar-refractivity contribution in [1.29, 1.82) is 0 Å². The van der Waals surface area contributed by atoms with Crippen LogP contribution in [0.5, 0.6) is 0 Å². The van der Waals surface area contributed by atoms with Gasteiger partial charge in [0.25, 0.3) is 0 Å². The van der Waals surface area contributed by atoms with E-state index in [2.05, 4.69) is 58.1 Å². The van der Waals surface area contributed by atoms with Crippen LogP contribution in [0.2, 0.25) is 0 Å². The molecule has 0 saturated heterocycles. The van der Waals surface area contributed by atoms with E-state index in [1.54, 1.807) is 0 Å². The molecule has 2 aliphatic rings. The molecule has 2 bridgehead atoms. The van der Waals surface area contributed by atoms with E-state index in [9.17, 15) is 4.79 Å². The summed E-state index contributed by atoms with van der Waals surface area (Å²) in [5, 5.41) is 3.34. The molecule has 2 atom stereocenters. The molecular formula is C19H25NO. The van der Waals surface area contributed by atoms with Gasteiger partial charge in [-0.05, 0) is 61.3 Å². The number of carbonyl (C=O) groups is 1. The highest BCUT2D eigenvalue weighted by Gasteiger charge is 2.63. The highest BCUT2D eigenvalue weighted by atomic mass is 16.1. The smallest absolute Gasteiger partial charge is 0.167 e. The minimum absolute atomic E-state index is 0.0841. The number of benzene rings is 1. The van der Waals surface area contributed by atoms with Crippen LogP contribution in [0.3, 0.4) is 0 Å². The van der Waals surface area contributed by atoms with Gasteiger partial charge in [0.15, 0.2) is 5.78 Å². The molecule has 0 unspecified atom stereocenters. The summed E-state index contributed by atoms with van der Waals surface area (Å²) >= 11 is 0. The first-order valence-corrected chi connectivity index (χ1v) is 7.86. The Hall–Kier alpha value is -1.57. The number of hydrogen-bond acceptors (Lipinski definition) is 2. The fraction of sp³-hybridized carbons (Fsp3) is 0.526. The molecular weight excluding hydrogens is 258 g/mol. The van der Waals surface area contributed by atoms with Crippen molar-refractivity contribution in [1.82, 2.24) is 0 Å². The van der Waals surface area contributed by atoms with Crippen LogP contribution >= 0.6 is 0 Å². The first kappa shape index (κ1) is 14.4. The van der Waals surface area contributed by atoms with Crippen LogP contribution in [0.1, 0.15) is 44.7 Å². The van der Waals surface area contributed by atoms with Gasteiger partial charge in [-0.2, -0.15) is 0 Å². The quantitative estimate of drug-likeness (QED) is 0.802. The minimum Gasteiger partial charge on any atom is -0.361 e. The molecule has 0 radical (unpaired) electrons. The third kappa shape index (κ3) is 1.88. The lowest BCUT2D eigenvalue weighted by atomic mass is 9.70. The third-order valence-electron chi connectivity index (χ3n) is 6.27. The first-order valence-electron chi connectivity index (χ1n) is 7.86. The number of aryl methyl sites for hydroxylation is 2. The van der Waals surface area contributed by atoms with Crippen LogP contribution < -0.4 is 5.32 Å². The highest BCUT2D eigenvalue weighted by Crippen LogP contribution is 2.65. The number of allylic oxidation sites excluding steroid dienone is 1. The fourth-order valence-electron chi connectivity index (χ4n) is 4.09. The lowest BCUT2D eigenvalue weighted by molar-refractivity contribution is -0.125. The number of nitrogens with one attached hydrogen (secondary N) is 1. The van der Waals surface area contributed by atoms with Gasteiger partial charge >= 0.3 is 0 Å². The molecule has 2 aliphatic carbocycles. The predicted molar refractivity (Wildman–Crippen MR) is 87.2 cm³/mol. The van der Waals surface area contributed by atoms with E-state index in [0.29, 0.717) is 11.7 Å². The zero-order valence-corrected chi connectivity index (χ0v) is 13.7. The van der Waals surface area contributed by atoms with Crippen molar-refractivity contribution in [2.75, 3.05) is 5.32 Å². The summed E-state index contributed by atoms with van der Waals surface area (Å²) in [4.78, 5) is 12.7. The van der Waals surface area contributed by atoms with Crippen LogP contribution in [0.25, 0.3) is 0 Å². The Morgan fingerprint density at radius 2 is 1.90 bits per heavy atom. The summed E-state index contributed by atoms with van der Waals surface area (Å²) in [5.74, 6) is 0.745. The molecule has 2 heteroatoms. The van der Waals surface area contributed by atoms with Gasteiger partial charge in [0.2, 0.25) is 0 Å². The predicted octanol–water partition coefficient (Wildman–Crippen LogP) is 4.62. The van der Waals surface area contributed by atoms with Crippen LogP contribution in [0.15, 0.2) is 30.0 Å².